The maximum absolute atomic E-state index is 13.6. The molecule has 1 atom stereocenters. The molecule has 0 bridgehead atoms. The fourth-order valence-electron chi connectivity index (χ4n) is 2.66. The monoisotopic (exact) mass is 278 g/mol. The zero-order valence-electron chi connectivity index (χ0n) is 12.3. The van der Waals surface area contributed by atoms with Gasteiger partial charge in [0, 0.05) is 18.7 Å². The number of nitrogens with zero attached hydrogens (tertiary/aromatic N) is 1. The molecule has 110 valence electrons. The quantitative estimate of drug-likeness (QED) is 0.918. The van der Waals surface area contributed by atoms with E-state index in [2.05, 4.69) is 5.32 Å². The molecule has 3 nitrogen and oxygen atoms in total. The van der Waals surface area contributed by atoms with E-state index >= 15 is 0 Å². The number of nitrogens with one attached hydrogen (secondary N) is 1. The lowest BCUT2D eigenvalue weighted by atomic mass is 9.98. The first-order valence-corrected chi connectivity index (χ1v) is 7.38. The van der Waals surface area contributed by atoms with Gasteiger partial charge in [0.05, 0.1) is 0 Å². The summed E-state index contributed by atoms with van der Waals surface area (Å²) >= 11 is 0. The van der Waals surface area contributed by atoms with E-state index in [1.807, 2.05) is 11.8 Å². The van der Waals surface area contributed by atoms with Crippen molar-refractivity contribution in [1.82, 2.24) is 10.2 Å². The first-order chi connectivity index (χ1) is 9.61. The Hall–Kier alpha value is -1.42. The van der Waals surface area contributed by atoms with Crippen LogP contribution in [0.5, 0.6) is 0 Å². The van der Waals surface area contributed by atoms with E-state index in [0.29, 0.717) is 23.6 Å². The summed E-state index contributed by atoms with van der Waals surface area (Å²) in [5, 5.41) is 3.36. The van der Waals surface area contributed by atoms with Crippen LogP contribution >= 0.6 is 0 Å². The zero-order valence-corrected chi connectivity index (χ0v) is 12.3. The van der Waals surface area contributed by atoms with Crippen molar-refractivity contribution in [3.05, 3.63) is 35.1 Å². The van der Waals surface area contributed by atoms with E-state index < -0.39 is 0 Å². The highest BCUT2D eigenvalue weighted by atomic mass is 19.1. The Bertz CT molecular complexity index is 470. The topological polar surface area (TPSA) is 32.3 Å². The minimum atomic E-state index is -0.314. The Balaban J connectivity index is 2.05. The zero-order chi connectivity index (χ0) is 14.5. The van der Waals surface area contributed by atoms with Gasteiger partial charge in [-0.15, -0.1) is 0 Å². The molecule has 2 rings (SSSR count). The molecule has 1 aromatic rings. The van der Waals surface area contributed by atoms with E-state index in [-0.39, 0.29) is 11.7 Å². The number of rotatable bonds is 4. The highest BCUT2D eigenvalue weighted by Crippen LogP contribution is 2.15. The molecule has 0 saturated carbocycles. The van der Waals surface area contributed by atoms with Crippen molar-refractivity contribution < 1.29 is 9.18 Å². The Labute approximate surface area is 120 Å². The van der Waals surface area contributed by atoms with Crippen LogP contribution in [0.4, 0.5) is 4.39 Å². The van der Waals surface area contributed by atoms with Crippen molar-refractivity contribution in [2.24, 2.45) is 5.92 Å². The normalized spacial score (nSPS) is 18.9. The number of hydrogen-bond donors (Lipinski definition) is 1. The van der Waals surface area contributed by atoms with Gasteiger partial charge in [0.15, 0.2) is 0 Å². The second-order valence-electron chi connectivity index (χ2n) is 5.52. The van der Waals surface area contributed by atoms with Crippen LogP contribution in [0.25, 0.3) is 0 Å². The molecule has 1 amide bonds. The van der Waals surface area contributed by atoms with Crippen LogP contribution in [0, 0.1) is 18.7 Å². The molecule has 0 spiro atoms. The molecule has 4 heteroatoms. The third-order valence-corrected chi connectivity index (χ3v) is 3.97. The first-order valence-electron chi connectivity index (χ1n) is 7.38. The van der Waals surface area contributed by atoms with Crippen LogP contribution in [-0.2, 0) is 0 Å². The van der Waals surface area contributed by atoms with Crippen molar-refractivity contribution in [1.29, 1.82) is 0 Å². The number of carbonyl (C=O) groups is 1. The number of hydrogen-bond acceptors (Lipinski definition) is 2. The second kappa shape index (κ2) is 6.84. The van der Waals surface area contributed by atoms with E-state index in [1.54, 1.807) is 19.1 Å². The summed E-state index contributed by atoms with van der Waals surface area (Å²) in [7, 11) is 0. The summed E-state index contributed by atoms with van der Waals surface area (Å²) < 4.78 is 13.6. The number of carbonyl (C=O) groups excluding carboxylic acids is 1. The molecule has 1 aliphatic heterocycles. The van der Waals surface area contributed by atoms with Crippen LogP contribution in [-0.4, -0.2) is 37.0 Å². The van der Waals surface area contributed by atoms with Crippen molar-refractivity contribution >= 4 is 5.91 Å². The summed E-state index contributed by atoms with van der Waals surface area (Å²) in [5.41, 5.74) is 1.01. The van der Waals surface area contributed by atoms with Crippen LogP contribution in [0.15, 0.2) is 18.2 Å². The first kappa shape index (κ1) is 15.0. The third kappa shape index (κ3) is 3.57. The molecule has 1 aliphatic rings. The molecule has 1 fully saturated rings. The summed E-state index contributed by atoms with van der Waals surface area (Å²) in [5.74, 6) is 0.117. The Kier molecular flexibility index (Phi) is 5.12. The van der Waals surface area contributed by atoms with E-state index in [1.165, 1.54) is 6.07 Å². The predicted octanol–water partition coefficient (Wildman–Crippen LogP) is 2.60. The molecule has 1 unspecified atom stereocenters. The van der Waals surface area contributed by atoms with Gasteiger partial charge in [0.2, 0.25) is 0 Å². The van der Waals surface area contributed by atoms with E-state index in [0.717, 1.165) is 32.5 Å². The molecule has 0 aliphatic carbocycles. The lowest BCUT2D eigenvalue weighted by molar-refractivity contribution is 0.0728. The highest BCUT2D eigenvalue weighted by molar-refractivity contribution is 5.94. The maximum Gasteiger partial charge on any atom is 0.253 e. The minimum absolute atomic E-state index is 0.0722. The molecular weight excluding hydrogens is 255 g/mol. The SMILES string of the molecule is CCN(CC1CCCNC1)C(=O)c1ccc(C)c(F)c1. The van der Waals surface area contributed by atoms with Gasteiger partial charge in [0.1, 0.15) is 5.82 Å². The Morgan fingerprint density at radius 3 is 2.90 bits per heavy atom. The smallest absolute Gasteiger partial charge is 0.253 e. The summed E-state index contributed by atoms with van der Waals surface area (Å²) in [6.45, 7) is 7.11. The highest BCUT2D eigenvalue weighted by Gasteiger charge is 2.21. The van der Waals surface area contributed by atoms with Crippen molar-refractivity contribution in [2.45, 2.75) is 26.7 Å². The van der Waals surface area contributed by atoms with Crippen molar-refractivity contribution in [3.8, 4) is 0 Å². The number of amides is 1. The molecule has 0 radical (unpaired) electrons. The average molecular weight is 278 g/mol. The van der Waals surface area contributed by atoms with Gasteiger partial charge < -0.3 is 10.2 Å². The molecule has 0 aromatic heterocycles. The lowest BCUT2D eigenvalue weighted by Crippen LogP contribution is -2.41. The summed E-state index contributed by atoms with van der Waals surface area (Å²) in [4.78, 5) is 14.3. The summed E-state index contributed by atoms with van der Waals surface area (Å²) in [6, 6.07) is 4.72. The Morgan fingerprint density at radius 2 is 2.30 bits per heavy atom. The lowest BCUT2D eigenvalue weighted by Gasteiger charge is -2.29. The number of aryl methyl sites for hydroxylation is 1. The third-order valence-electron chi connectivity index (χ3n) is 3.97. The van der Waals surface area contributed by atoms with Crippen LogP contribution in [0.1, 0.15) is 35.7 Å². The van der Waals surface area contributed by atoms with Crippen LogP contribution < -0.4 is 5.32 Å². The fraction of sp³-hybridized carbons (Fsp3) is 0.562. The van der Waals surface area contributed by atoms with Crippen LogP contribution in [0.2, 0.25) is 0 Å². The average Bonchev–Trinajstić information content (AvgIpc) is 2.48. The van der Waals surface area contributed by atoms with Gasteiger partial charge in [-0.3, -0.25) is 4.79 Å². The van der Waals surface area contributed by atoms with E-state index in [4.69, 9.17) is 0 Å². The standard InChI is InChI=1S/C16H23FN2O/c1-3-19(11-13-5-4-8-18-10-13)16(20)14-7-6-12(2)15(17)9-14/h6-7,9,13,18H,3-5,8,10-11H2,1-2H3. The number of benzene rings is 1. The minimum Gasteiger partial charge on any atom is -0.339 e. The largest absolute Gasteiger partial charge is 0.339 e. The Morgan fingerprint density at radius 1 is 1.50 bits per heavy atom. The molecular formula is C16H23FN2O. The van der Waals surface area contributed by atoms with Gasteiger partial charge in [-0.1, -0.05) is 6.07 Å². The fourth-order valence-corrected chi connectivity index (χ4v) is 2.66. The van der Waals surface area contributed by atoms with Crippen molar-refractivity contribution in [3.63, 3.8) is 0 Å². The van der Waals surface area contributed by atoms with Gasteiger partial charge in [-0.25, -0.2) is 4.39 Å². The molecule has 1 heterocycles. The number of piperidine rings is 1. The number of halogens is 1. The van der Waals surface area contributed by atoms with Crippen molar-refractivity contribution in [2.75, 3.05) is 26.2 Å². The van der Waals surface area contributed by atoms with Gasteiger partial charge in [-0.2, -0.15) is 0 Å². The second-order valence-corrected chi connectivity index (χ2v) is 5.52. The molecule has 1 N–H and O–H groups in total. The van der Waals surface area contributed by atoms with E-state index in [9.17, 15) is 9.18 Å². The molecule has 1 saturated heterocycles. The van der Waals surface area contributed by atoms with Crippen LogP contribution in [0.3, 0.4) is 0 Å². The van der Waals surface area contributed by atoms with Gasteiger partial charge in [0.25, 0.3) is 5.91 Å². The van der Waals surface area contributed by atoms with Gasteiger partial charge in [-0.05, 0) is 63.4 Å². The molecule has 20 heavy (non-hydrogen) atoms. The summed E-state index contributed by atoms with van der Waals surface area (Å²) in [6.07, 6.45) is 2.31. The predicted molar refractivity (Wildman–Crippen MR) is 78.3 cm³/mol. The van der Waals surface area contributed by atoms with Gasteiger partial charge >= 0.3 is 0 Å². The maximum atomic E-state index is 13.6. The molecule has 1 aromatic carbocycles.